The van der Waals surface area contributed by atoms with Crippen molar-refractivity contribution in [3.8, 4) is 0 Å². The van der Waals surface area contributed by atoms with Gasteiger partial charge in [0.2, 0.25) is 0 Å². The van der Waals surface area contributed by atoms with Crippen molar-refractivity contribution in [2.24, 2.45) is 0 Å². The number of hydrogen-bond donors (Lipinski definition) is 2. The normalized spacial score (nSPS) is 10.9. The number of aromatic nitrogens is 3. The molecule has 0 spiro atoms. The number of pyridine rings is 1. The topological polar surface area (TPSA) is 97.3 Å². The third kappa shape index (κ3) is 2.82. The smallest absolute Gasteiger partial charge is 0.337 e. The van der Waals surface area contributed by atoms with Crippen LogP contribution in [0.2, 0.25) is 0 Å². The van der Waals surface area contributed by atoms with Gasteiger partial charge in [-0.1, -0.05) is 0 Å². The van der Waals surface area contributed by atoms with Crippen LogP contribution in [0.3, 0.4) is 0 Å². The van der Waals surface area contributed by atoms with Crippen molar-refractivity contribution in [1.29, 1.82) is 0 Å². The van der Waals surface area contributed by atoms with Gasteiger partial charge in [0, 0.05) is 13.3 Å². The van der Waals surface area contributed by atoms with Crippen molar-refractivity contribution >= 4 is 17.1 Å². The van der Waals surface area contributed by atoms with E-state index >= 15 is 0 Å². The minimum absolute atomic E-state index is 0.123. The molecule has 0 fully saturated rings. The molecule has 2 N–H and O–H groups in total. The second-order valence-corrected chi connectivity index (χ2v) is 3.63. The lowest BCUT2D eigenvalue weighted by molar-refractivity contribution is 0.0590. The highest BCUT2D eigenvalue weighted by Gasteiger charge is 2.08. The molecule has 2 heterocycles. The number of nitrogens with one attached hydrogen (secondary N) is 1. The van der Waals surface area contributed by atoms with E-state index in [1.54, 1.807) is 7.11 Å². The van der Waals surface area contributed by atoms with Gasteiger partial charge in [-0.25, -0.2) is 14.8 Å². The number of carboxylic acid groups (broad SMARTS) is 1. The molecule has 0 atom stereocenters. The number of fused-ring (bicyclic) bond motifs is 1. The summed E-state index contributed by atoms with van der Waals surface area (Å²) in [5.74, 6) is -0.409. The predicted molar refractivity (Wildman–Crippen MR) is 62.4 cm³/mol. The molecule has 0 aliphatic carbocycles. The fourth-order valence-corrected chi connectivity index (χ4v) is 1.45. The third-order valence-electron chi connectivity index (χ3n) is 2.30. The molecular formula is C11H13N3O4. The van der Waals surface area contributed by atoms with E-state index in [2.05, 4.69) is 15.0 Å². The van der Waals surface area contributed by atoms with E-state index < -0.39 is 5.97 Å². The molecule has 2 aromatic heterocycles. The molecule has 0 bridgehead atoms. The number of aromatic carboxylic acids is 1. The molecule has 0 saturated carbocycles. The van der Waals surface area contributed by atoms with Crippen LogP contribution in [0.4, 0.5) is 0 Å². The van der Waals surface area contributed by atoms with E-state index in [1.807, 2.05) is 0 Å². The zero-order valence-corrected chi connectivity index (χ0v) is 9.84. The van der Waals surface area contributed by atoms with E-state index in [4.69, 9.17) is 14.6 Å². The van der Waals surface area contributed by atoms with Gasteiger partial charge in [0.15, 0.2) is 5.65 Å². The van der Waals surface area contributed by atoms with Gasteiger partial charge >= 0.3 is 5.97 Å². The maximum atomic E-state index is 10.8. The Bertz CT molecular complexity index is 552. The molecule has 0 aromatic carbocycles. The fraction of sp³-hybridized carbons (Fsp3) is 0.364. The van der Waals surface area contributed by atoms with Crippen LogP contribution in [-0.4, -0.2) is 46.4 Å². The van der Waals surface area contributed by atoms with Crippen molar-refractivity contribution in [2.45, 2.75) is 6.61 Å². The summed E-state index contributed by atoms with van der Waals surface area (Å²) in [5, 5.41) is 8.84. The van der Waals surface area contributed by atoms with E-state index in [-0.39, 0.29) is 5.56 Å². The molecule has 2 rings (SSSR count). The first kappa shape index (κ1) is 12.5. The van der Waals surface area contributed by atoms with Crippen molar-refractivity contribution in [3.63, 3.8) is 0 Å². The second kappa shape index (κ2) is 5.56. The SMILES string of the molecule is COCCOCc1nc2ncc(C(=O)O)cc2[nH]1. The summed E-state index contributed by atoms with van der Waals surface area (Å²) in [6, 6.07) is 1.50. The zero-order chi connectivity index (χ0) is 13.0. The Kier molecular flexibility index (Phi) is 3.85. The highest BCUT2D eigenvalue weighted by molar-refractivity contribution is 5.90. The summed E-state index contributed by atoms with van der Waals surface area (Å²) in [6.07, 6.45) is 1.28. The summed E-state index contributed by atoms with van der Waals surface area (Å²) in [6.45, 7) is 1.30. The Balaban J connectivity index is 2.09. The molecule has 96 valence electrons. The van der Waals surface area contributed by atoms with E-state index in [1.165, 1.54) is 12.3 Å². The fourth-order valence-electron chi connectivity index (χ4n) is 1.45. The Morgan fingerprint density at radius 1 is 1.50 bits per heavy atom. The quantitative estimate of drug-likeness (QED) is 0.737. The third-order valence-corrected chi connectivity index (χ3v) is 2.30. The van der Waals surface area contributed by atoms with Crippen LogP contribution in [0.5, 0.6) is 0 Å². The first-order valence-corrected chi connectivity index (χ1v) is 5.35. The summed E-state index contributed by atoms with van der Waals surface area (Å²) in [5.41, 5.74) is 1.18. The molecule has 0 saturated heterocycles. The van der Waals surface area contributed by atoms with Crippen molar-refractivity contribution in [3.05, 3.63) is 23.7 Å². The minimum Gasteiger partial charge on any atom is -0.478 e. The van der Waals surface area contributed by atoms with Crippen LogP contribution in [0.1, 0.15) is 16.2 Å². The molecule has 0 aliphatic rings. The van der Waals surface area contributed by atoms with Gasteiger partial charge < -0.3 is 19.6 Å². The predicted octanol–water partition coefficient (Wildman–Crippen LogP) is 0.819. The molecule has 18 heavy (non-hydrogen) atoms. The maximum Gasteiger partial charge on any atom is 0.337 e. The van der Waals surface area contributed by atoms with Gasteiger partial charge in [-0.15, -0.1) is 0 Å². The minimum atomic E-state index is -1.02. The van der Waals surface area contributed by atoms with Crippen molar-refractivity contribution in [1.82, 2.24) is 15.0 Å². The van der Waals surface area contributed by atoms with Crippen LogP contribution in [0, 0.1) is 0 Å². The number of imidazole rings is 1. The van der Waals surface area contributed by atoms with Crippen LogP contribution < -0.4 is 0 Å². The average molecular weight is 251 g/mol. The van der Waals surface area contributed by atoms with Crippen LogP contribution in [0.15, 0.2) is 12.3 Å². The maximum absolute atomic E-state index is 10.8. The average Bonchev–Trinajstić information content (AvgIpc) is 2.76. The van der Waals surface area contributed by atoms with Gasteiger partial charge in [0.1, 0.15) is 12.4 Å². The molecule has 2 aromatic rings. The number of hydrogen-bond acceptors (Lipinski definition) is 5. The van der Waals surface area contributed by atoms with Crippen molar-refractivity contribution in [2.75, 3.05) is 20.3 Å². The monoisotopic (exact) mass is 251 g/mol. The van der Waals surface area contributed by atoms with Crippen LogP contribution in [0.25, 0.3) is 11.2 Å². The van der Waals surface area contributed by atoms with Crippen LogP contribution in [-0.2, 0) is 16.1 Å². The molecule has 0 aliphatic heterocycles. The number of ether oxygens (including phenoxy) is 2. The highest BCUT2D eigenvalue weighted by atomic mass is 16.5. The van der Waals surface area contributed by atoms with Crippen LogP contribution >= 0.6 is 0 Å². The number of rotatable bonds is 6. The van der Waals surface area contributed by atoms with Gasteiger partial charge in [-0.3, -0.25) is 0 Å². The van der Waals surface area contributed by atoms with Gasteiger partial charge in [0.25, 0.3) is 0 Å². The zero-order valence-electron chi connectivity index (χ0n) is 9.84. The standard InChI is InChI=1S/C11H13N3O4/c1-17-2-3-18-6-9-13-8-4-7(11(15)16)5-12-10(8)14-9/h4-5H,2-3,6H2,1H3,(H,15,16)(H,12,13,14). The first-order valence-electron chi connectivity index (χ1n) is 5.35. The van der Waals surface area contributed by atoms with E-state index in [0.29, 0.717) is 36.8 Å². The highest BCUT2D eigenvalue weighted by Crippen LogP contribution is 2.11. The molecule has 7 heteroatoms. The summed E-state index contributed by atoms with van der Waals surface area (Å²) >= 11 is 0. The van der Waals surface area contributed by atoms with E-state index in [9.17, 15) is 4.79 Å². The number of carboxylic acids is 1. The largest absolute Gasteiger partial charge is 0.478 e. The molecule has 0 radical (unpaired) electrons. The number of aromatic amines is 1. The Morgan fingerprint density at radius 3 is 3.06 bits per heavy atom. The Labute approximate surface area is 103 Å². The van der Waals surface area contributed by atoms with E-state index in [0.717, 1.165) is 0 Å². The lowest BCUT2D eigenvalue weighted by Crippen LogP contribution is -2.02. The molecule has 0 unspecified atom stereocenters. The number of methoxy groups -OCH3 is 1. The van der Waals surface area contributed by atoms with Gasteiger partial charge in [-0.05, 0) is 6.07 Å². The molecular weight excluding hydrogens is 238 g/mol. The Hall–Kier alpha value is -1.99. The van der Waals surface area contributed by atoms with Gasteiger partial charge in [0.05, 0.1) is 24.3 Å². The number of carbonyl (C=O) groups is 1. The number of nitrogens with zero attached hydrogens (tertiary/aromatic N) is 2. The summed E-state index contributed by atoms with van der Waals surface area (Å²) in [7, 11) is 1.60. The summed E-state index contributed by atoms with van der Waals surface area (Å²) in [4.78, 5) is 21.9. The number of H-pyrrole nitrogens is 1. The van der Waals surface area contributed by atoms with Gasteiger partial charge in [-0.2, -0.15) is 0 Å². The Morgan fingerprint density at radius 2 is 2.33 bits per heavy atom. The lowest BCUT2D eigenvalue weighted by atomic mass is 10.3. The summed E-state index contributed by atoms with van der Waals surface area (Å²) < 4.78 is 10.2. The second-order valence-electron chi connectivity index (χ2n) is 3.63. The van der Waals surface area contributed by atoms with Crippen molar-refractivity contribution < 1.29 is 19.4 Å². The molecule has 7 nitrogen and oxygen atoms in total. The molecule has 0 amide bonds. The first-order chi connectivity index (χ1) is 8.70. The lowest BCUT2D eigenvalue weighted by Gasteiger charge is -1.99.